The van der Waals surface area contributed by atoms with Crippen molar-refractivity contribution in [2.45, 2.75) is 17.3 Å². The van der Waals surface area contributed by atoms with Crippen LogP contribution in [0.3, 0.4) is 0 Å². The molecule has 0 bridgehead atoms. The summed E-state index contributed by atoms with van der Waals surface area (Å²) in [6.07, 6.45) is 0. The number of nitro groups is 1. The van der Waals surface area contributed by atoms with E-state index in [0.29, 0.717) is 18.7 Å². The van der Waals surface area contributed by atoms with Gasteiger partial charge in [-0.3, -0.25) is 10.1 Å². The zero-order valence-electron chi connectivity index (χ0n) is 9.56. The Morgan fingerprint density at radius 3 is 2.37 bits per heavy atom. The van der Waals surface area contributed by atoms with Gasteiger partial charge in [-0.05, 0) is 19.1 Å². The minimum Gasteiger partial charge on any atom is -0.380 e. The van der Waals surface area contributed by atoms with Crippen LogP contribution >= 0.6 is 0 Å². The Balaban J connectivity index is 3.43. The fraction of sp³-hybridized carbons (Fsp3) is 0.333. The first-order valence-corrected chi connectivity index (χ1v) is 6.43. The normalized spacial score (nSPS) is 12.2. The van der Waals surface area contributed by atoms with E-state index in [1.807, 2.05) is 0 Å². The first-order valence-electron chi connectivity index (χ1n) is 4.95. The zero-order valence-corrected chi connectivity index (χ0v) is 10.4. The fourth-order valence-electron chi connectivity index (χ4n) is 1.30. The summed E-state index contributed by atoms with van der Waals surface area (Å²) >= 11 is 0. The molecule has 0 aromatic heterocycles. The maximum Gasteiger partial charge on any atom is 0.501 e. The van der Waals surface area contributed by atoms with Crippen LogP contribution in [0.4, 0.5) is 24.5 Å². The lowest BCUT2D eigenvalue weighted by Gasteiger charge is -2.09. The standard InChI is InChI=1S/C9H9F3N2O4S/c1-2-13-7-4-3-6(5-8(7)14(15)16)19(17,18)9(10,11)12/h3-5,13H,2H2,1H3. The number of hydrogen-bond donors (Lipinski definition) is 1. The Kier molecular flexibility index (Phi) is 4.03. The molecule has 0 aliphatic carbocycles. The highest BCUT2D eigenvalue weighted by Gasteiger charge is 2.47. The Hall–Kier alpha value is -1.84. The van der Waals surface area contributed by atoms with E-state index in [1.54, 1.807) is 6.92 Å². The summed E-state index contributed by atoms with van der Waals surface area (Å²) < 4.78 is 59.2. The Labute approximate surface area is 106 Å². The second-order valence-electron chi connectivity index (χ2n) is 3.42. The van der Waals surface area contributed by atoms with E-state index in [1.165, 1.54) is 0 Å². The van der Waals surface area contributed by atoms with Gasteiger partial charge in [-0.15, -0.1) is 0 Å². The van der Waals surface area contributed by atoms with Gasteiger partial charge in [0.15, 0.2) is 0 Å². The molecule has 0 saturated heterocycles. The molecule has 0 amide bonds. The van der Waals surface area contributed by atoms with Crippen LogP contribution in [0.5, 0.6) is 0 Å². The Morgan fingerprint density at radius 2 is 1.95 bits per heavy atom. The van der Waals surface area contributed by atoms with E-state index in [2.05, 4.69) is 5.32 Å². The molecule has 106 valence electrons. The Morgan fingerprint density at radius 1 is 1.37 bits per heavy atom. The quantitative estimate of drug-likeness (QED) is 0.680. The molecule has 1 N–H and O–H groups in total. The molecule has 0 spiro atoms. The van der Waals surface area contributed by atoms with Gasteiger partial charge in [-0.25, -0.2) is 8.42 Å². The van der Waals surface area contributed by atoms with Crippen molar-refractivity contribution in [2.24, 2.45) is 0 Å². The number of hydrogen-bond acceptors (Lipinski definition) is 5. The molecule has 0 saturated carbocycles. The lowest BCUT2D eigenvalue weighted by atomic mass is 10.2. The summed E-state index contributed by atoms with van der Waals surface area (Å²) in [6.45, 7) is 1.93. The van der Waals surface area contributed by atoms with Crippen LogP contribution < -0.4 is 5.32 Å². The lowest BCUT2D eigenvalue weighted by molar-refractivity contribution is -0.384. The van der Waals surface area contributed by atoms with Crippen molar-refractivity contribution >= 4 is 21.2 Å². The maximum absolute atomic E-state index is 12.3. The van der Waals surface area contributed by atoms with Crippen LogP contribution in [0.15, 0.2) is 23.1 Å². The van der Waals surface area contributed by atoms with Gasteiger partial charge in [0.2, 0.25) is 0 Å². The third-order valence-electron chi connectivity index (χ3n) is 2.15. The minimum atomic E-state index is -5.60. The van der Waals surface area contributed by atoms with Crippen molar-refractivity contribution in [3.05, 3.63) is 28.3 Å². The zero-order chi connectivity index (χ0) is 14.8. The molecule has 1 aromatic rings. The molecule has 0 atom stereocenters. The number of nitro benzene ring substituents is 1. The number of nitrogens with one attached hydrogen (secondary N) is 1. The van der Waals surface area contributed by atoms with Gasteiger partial charge in [0.1, 0.15) is 5.69 Å². The predicted molar refractivity (Wildman–Crippen MR) is 60.5 cm³/mol. The molecule has 0 fully saturated rings. The van der Waals surface area contributed by atoms with Gasteiger partial charge >= 0.3 is 5.51 Å². The summed E-state index contributed by atoms with van der Waals surface area (Å²) in [5.74, 6) is 0. The third kappa shape index (κ3) is 2.95. The SMILES string of the molecule is CCNc1ccc(S(=O)(=O)C(F)(F)F)cc1[N+](=O)[O-]. The van der Waals surface area contributed by atoms with Gasteiger partial charge in [0.25, 0.3) is 15.5 Å². The van der Waals surface area contributed by atoms with Crippen molar-refractivity contribution in [1.29, 1.82) is 0 Å². The lowest BCUT2D eigenvalue weighted by Crippen LogP contribution is -2.23. The highest BCUT2D eigenvalue weighted by molar-refractivity contribution is 7.92. The van der Waals surface area contributed by atoms with E-state index in [4.69, 9.17) is 0 Å². The molecule has 1 aromatic carbocycles. The highest BCUT2D eigenvalue weighted by atomic mass is 32.2. The van der Waals surface area contributed by atoms with Crippen molar-refractivity contribution < 1.29 is 26.5 Å². The average molecular weight is 298 g/mol. The van der Waals surface area contributed by atoms with Crippen molar-refractivity contribution in [3.63, 3.8) is 0 Å². The van der Waals surface area contributed by atoms with E-state index in [-0.39, 0.29) is 5.69 Å². The molecule has 0 aliphatic rings. The van der Waals surface area contributed by atoms with E-state index < -0.39 is 30.9 Å². The molecule has 19 heavy (non-hydrogen) atoms. The van der Waals surface area contributed by atoms with E-state index >= 15 is 0 Å². The molecule has 10 heteroatoms. The number of rotatable bonds is 4. The fourth-order valence-corrected chi connectivity index (χ4v) is 2.08. The van der Waals surface area contributed by atoms with Crippen molar-refractivity contribution in [3.8, 4) is 0 Å². The van der Waals surface area contributed by atoms with Crippen molar-refractivity contribution in [2.75, 3.05) is 11.9 Å². The monoisotopic (exact) mass is 298 g/mol. The molecule has 0 heterocycles. The van der Waals surface area contributed by atoms with E-state index in [0.717, 1.165) is 6.07 Å². The largest absolute Gasteiger partial charge is 0.501 e. The number of sulfone groups is 1. The summed E-state index contributed by atoms with van der Waals surface area (Å²) in [7, 11) is -5.60. The van der Waals surface area contributed by atoms with Crippen LogP contribution in [0.2, 0.25) is 0 Å². The van der Waals surface area contributed by atoms with Crippen LogP contribution in [0.25, 0.3) is 0 Å². The Bertz CT molecular complexity index is 598. The predicted octanol–water partition coefficient (Wildman–Crippen LogP) is 2.32. The summed E-state index contributed by atoms with van der Waals surface area (Å²) in [5.41, 5.74) is -6.28. The highest BCUT2D eigenvalue weighted by Crippen LogP contribution is 2.34. The second kappa shape index (κ2) is 5.03. The van der Waals surface area contributed by atoms with Crippen molar-refractivity contribution in [1.82, 2.24) is 0 Å². The summed E-state index contributed by atoms with van der Waals surface area (Å²) in [5, 5.41) is 13.3. The molecule has 0 radical (unpaired) electrons. The van der Waals surface area contributed by atoms with Gasteiger partial charge in [0.05, 0.1) is 9.82 Å². The number of benzene rings is 1. The number of halogens is 3. The smallest absolute Gasteiger partial charge is 0.380 e. The topological polar surface area (TPSA) is 89.3 Å². The minimum absolute atomic E-state index is 0.0476. The second-order valence-corrected chi connectivity index (χ2v) is 5.36. The summed E-state index contributed by atoms with van der Waals surface area (Å²) in [4.78, 5) is 8.60. The van der Waals surface area contributed by atoms with E-state index in [9.17, 15) is 31.7 Å². The van der Waals surface area contributed by atoms with Gasteiger partial charge in [-0.1, -0.05) is 0 Å². The average Bonchev–Trinajstić information content (AvgIpc) is 2.27. The van der Waals surface area contributed by atoms with Crippen LogP contribution in [-0.2, 0) is 9.84 Å². The number of alkyl halides is 3. The first-order chi connectivity index (χ1) is 8.61. The van der Waals surface area contributed by atoms with Gasteiger partial charge in [0, 0.05) is 12.6 Å². The first kappa shape index (κ1) is 15.2. The molecular formula is C9H9F3N2O4S. The number of nitrogens with zero attached hydrogens (tertiary/aromatic N) is 1. The van der Waals surface area contributed by atoms with Crippen LogP contribution in [-0.4, -0.2) is 25.4 Å². The number of anilines is 1. The molecular weight excluding hydrogens is 289 g/mol. The molecule has 1 rings (SSSR count). The third-order valence-corrected chi connectivity index (χ3v) is 3.63. The molecule has 6 nitrogen and oxygen atoms in total. The maximum atomic E-state index is 12.3. The van der Waals surface area contributed by atoms with Gasteiger partial charge < -0.3 is 5.32 Å². The van der Waals surface area contributed by atoms with Gasteiger partial charge in [-0.2, -0.15) is 13.2 Å². The molecule has 0 aliphatic heterocycles. The summed E-state index contributed by atoms with van der Waals surface area (Å²) in [6, 6.07) is 1.99. The molecule has 0 unspecified atom stereocenters. The van der Waals surface area contributed by atoms with Crippen LogP contribution in [0, 0.1) is 10.1 Å². The van der Waals surface area contributed by atoms with Crippen LogP contribution in [0.1, 0.15) is 6.92 Å².